The van der Waals surface area contributed by atoms with E-state index in [-0.39, 0.29) is 17.9 Å². The van der Waals surface area contributed by atoms with Gasteiger partial charge >= 0.3 is 0 Å². The molecule has 1 aliphatic rings. The number of nitrogens with two attached hydrogens (primary N) is 1. The molecule has 1 aliphatic heterocycles. The summed E-state index contributed by atoms with van der Waals surface area (Å²) in [4.78, 5) is 27.8. The first-order valence-electron chi connectivity index (χ1n) is 6.34. The van der Waals surface area contributed by atoms with Crippen molar-refractivity contribution in [2.75, 3.05) is 12.3 Å². The second-order valence-electron chi connectivity index (χ2n) is 4.73. The Hall–Kier alpha value is -2.15. The zero-order chi connectivity index (χ0) is 14.1. The maximum Gasteiger partial charge on any atom is 0.263 e. The van der Waals surface area contributed by atoms with Crippen LogP contribution in [0.25, 0.3) is 10.1 Å². The molecule has 6 nitrogen and oxygen atoms in total. The van der Waals surface area contributed by atoms with Crippen molar-refractivity contribution in [3.63, 3.8) is 0 Å². The van der Waals surface area contributed by atoms with Gasteiger partial charge in [0.15, 0.2) is 0 Å². The highest BCUT2D eigenvalue weighted by Gasteiger charge is 2.22. The van der Waals surface area contributed by atoms with Crippen LogP contribution in [0.1, 0.15) is 22.5 Å². The van der Waals surface area contributed by atoms with E-state index in [4.69, 9.17) is 5.73 Å². The molecule has 20 heavy (non-hydrogen) atoms. The molecule has 0 spiro atoms. The zero-order valence-electron chi connectivity index (χ0n) is 10.7. The van der Waals surface area contributed by atoms with Gasteiger partial charge in [0.25, 0.3) is 5.91 Å². The summed E-state index contributed by atoms with van der Waals surface area (Å²) >= 11 is 1.33. The molecule has 0 aliphatic carbocycles. The van der Waals surface area contributed by atoms with Crippen LogP contribution in [-0.2, 0) is 4.79 Å². The third-order valence-electron chi connectivity index (χ3n) is 3.33. The monoisotopic (exact) mass is 290 g/mol. The maximum atomic E-state index is 12.2. The Kier molecular flexibility index (Phi) is 3.27. The lowest BCUT2D eigenvalue weighted by Crippen LogP contribution is -2.38. The van der Waals surface area contributed by atoms with Gasteiger partial charge in [0.05, 0.1) is 10.4 Å². The van der Waals surface area contributed by atoms with Gasteiger partial charge < -0.3 is 16.4 Å². The topological polar surface area (TPSA) is 97.1 Å². The largest absolute Gasteiger partial charge is 0.397 e. The normalized spacial score (nSPS) is 18.2. The van der Waals surface area contributed by atoms with Crippen LogP contribution in [0.4, 0.5) is 5.69 Å². The van der Waals surface area contributed by atoms with Crippen molar-refractivity contribution in [1.29, 1.82) is 0 Å². The average molecular weight is 290 g/mol. The van der Waals surface area contributed by atoms with E-state index >= 15 is 0 Å². The molecule has 104 valence electrons. The molecule has 1 fully saturated rings. The highest BCUT2D eigenvalue weighted by molar-refractivity contribution is 7.21. The van der Waals surface area contributed by atoms with Gasteiger partial charge in [0, 0.05) is 36.8 Å². The van der Waals surface area contributed by atoms with Gasteiger partial charge in [-0.3, -0.25) is 14.6 Å². The Bertz CT molecular complexity index is 682. The van der Waals surface area contributed by atoms with Crippen molar-refractivity contribution < 1.29 is 9.59 Å². The van der Waals surface area contributed by atoms with Gasteiger partial charge in [-0.05, 0) is 12.5 Å². The molecular formula is C13H14N4O2S. The van der Waals surface area contributed by atoms with Crippen LogP contribution in [-0.4, -0.2) is 29.4 Å². The van der Waals surface area contributed by atoms with E-state index in [1.54, 1.807) is 18.5 Å². The molecule has 2 aromatic heterocycles. The van der Waals surface area contributed by atoms with Gasteiger partial charge in [-0.2, -0.15) is 0 Å². The van der Waals surface area contributed by atoms with Crippen LogP contribution in [0.3, 0.4) is 0 Å². The fourth-order valence-corrected chi connectivity index (χ4v) is 3.27. The van der Waals surface area contributed by atoms with Gasteiger partial charge in [0.2, 0.25) is 5.91 Å². The number of nitrogens with zero attached hydrogens (tertiary/aromatic N) is 1. The van der Waals surface area contributed by atoms with Crippen molar-refractivity contribution in [3.8, 4) is 0 Å². The summed E-state index contributed by atoms with van der Waals surface area (Å²) < 4.78 is 0.893. The summed E-state index contributed by atoms with van der Waals surface area (Å²) in [6.07, 6.45) is 4.63. The highest BCUT2D eigenvalue weighted by Crippen LogP contribution is 2.32. The molecule has 1 saturated heterocycles. The van der Waals surface area contributed by atoms with E-state index in [2.05, 4.69) is 15.6 Å². The first-order valence-corrected chi connectivity index (χ1v) is 7.16. The number of nitrogens with one attached hydrogen (secondary N) is 2. The highest BCUT2D eigenvalue weighted by atomic mass is 32.1. The lowest BCUT2D eigenvalue weighted by atomic mass is 10.2. The van der Waals surface area contributed by atoms with Gasteiger partial charge in [0.1, 0.15) is 4.88 Å². The summed E-state index contributed by atoms with van der Waals surface area (Å²) in [6, 6.07) is 1.82. The molecule has 3 rings (SSSR count). The predicted octanol–water partition coefficient (Wildman–Crippen LogP) is 0.887. The molecule has 1 atom stereocenters. The third kappa shape index (κ3) is 2.32. The fourth-order valence-electron chi connectivity index (χ4n) is 2.27. The Morgan fingerprint density at radius 3 is 3.15 bits per heavy atom. The van der Waals surface area contributed by atoms with Crippen molar-refractivity contribution in [3.05, 3.63) is 23.3 Å². The quantitative estimate of drug-likeness (QED) is 0.782. The minimum absolute atomic E-state index is 0.0173. The van der Waals surface area contributed by atoms with Crippen LogP contribution < -0.4 is 16.4 Å². The molecule has 0 bridgehead atoms. The van der Waals surface area contributed by atoms with E-state index in [0.29, 0.717) is 23.5 Å². The van der Waals surface area contributed by atoms with E-state index in [9.17, 15) is 9.59 Å². The molecule has 4 N–H and O–H groups in total. The van der Waals surface area contributed by atoms with Crippen LogP contribution in [0.5, 0.6) is 0 Å². The zero-order valence-corrected chi connectivity index (χ0v) is 11.5. The van der Waals surface area contributed by atoms with Crippen molar-refractivity contribution in [1.82, 2.24) is 15.6 Å². The SMILES string of the molecule is Nc1c(C(=O)NCC2CCC(=O)N2)sc2cnccc12. The van der Waals surface area contributed by atoms with Crippen molar-refractivity contribution in [2.24, 2.45) is 0 Å². The number of carbonyl (C=O) groups is 2. The fraction of sp³-hybridized carbons (Fsp3) is 0.308. The van der Waals surface area contributed by atoms with Crippen molar-refractivity contribution >= 4 is 38.9 Å². The summed E-state index contributed by atoms with van der Waals surface area (Å²) in [5.41, 5.74) is 6.48. The molecule has 2 aromatic rings. The second-order valence-corrected chi connectivity index (χ2v) is 5.78. The molecule has 1 unspecified atom stereocenters. The number of rotatable bonds is 3. The van der Waals surface area contributed by atoms with E-state index < -0.39 is 0 Å². The molecular weight excluding hydrogens is 276 g/mol. The van der Waals surface area contributed by atoms with Crippen LogP contribution in [0.15, 0.2) is 18.5 Å². The van der Waals surface area contributed by atoms with Crippen LogP contribution in [0, 0.1) is 0 Å². The lowest BCUT2D eigenvalue weighted by molar-refractivity contribution is -0.119. The van der Waals surface area contributed by atoms with Crippen LogP contribution >= 0.6 is 11.3 Å². The van der Waals surface area contributed by atoms with Gasteiger partial charge in [-0.1, -0.05) is 0 Å². The molecule has 0 radical (unpaired) electrons. The standard InChI is InChI=1S/C13H14N4O2S/c14-11-8-3-4-15-6-9(8)20-12(11)13(19)16-5-7-1-2-10(18)17-7/h3-4,6-7H,1-2,5,14H2,(H,16,19)(H,17,18). The van der Waals surface area contributed by atoms with Gasteiger partial charge in [-0.25, -0.2) is 0 Å². The summed E-state index contributed by atoms with van der Waals surface area (Å²) in [6.45, 7) is 0.427. The minimum Gasteiger partial charge on any atom is -0.397 e. The number of hydrogen-bond donors (Lipinski definition) is 3. The lowest BCUT2D eigenvalue weighted by Gasteiger charge is -2.10. The first kappa shape index (κ1) is 12.9. The summed E-state index contributed by atoms with van der Waals surface area (Å²) in [5, 5.41) is 6.48. The van der Waals surface area contributed by atoms with E-state index in [1.807, 2.05) is 0 Å². The first-order chi connectivity index (χ1) is 9.65. The number of amides is 2. The summed E-state index contributed by atoms with van der Waals surface area (Å²) in [5.74, 6) is -0.165. The molecule has 0 saturated carbocycles. The molecule has 3 heterocycles. The number of hydrogen-bond acceptors (Lipinski definition) is 5. The van der Waals surface area contributed by atoms with Crippen LogP contribution in [0.2, 0.25) is 0 Å². The van der Waals surface area contributed by atoms with Gasteiger partial charge in [-0.15, -0.1) is 11.3 Å². The predicted molar refractivity (Wildman–Crippen MR) is 77.5 cm³/mol. The van der Waals surface area contributed by atoms with E-state index in [0.717, 1.165) is 16.5 Å². The number of nitrogen functional groups attached to an aromatic ring is 1. The number of aromatic nitrogens is 1. The summed E-state index contributed by atoms with van der Waals surface area (Å²) in [7, 11) is 0. The molecule has 2 amide bonds. The maximum absolute atomic E-state index is 12.2. The number of carbonyl (C=O) groups excluding carboxylic acids is 2. The number of pyridine rings is 1. The molecule has 0 aromatic carbocycles. The average Bonchev–Trinajstić information content (AvgIpc) is 3.01. The Balaban J connectivity index is 1.72. The third-order valence-corrected chi connectivity index (χ3v) is 4.49. The second kappa shape index (κ2) is 5.09. The minimum atomic E-state index is -0.204. The number of anilines is 1. The Morgan fingerprint density at radius 2 is 2.45 bits per heavy atom. The van der Waals surface area contributed by atoms with Crippen molar-refractivity contribution in [2.45, 2.75) is 18.9 Å². The Morgan fingerprint density at radius 1 is 1.60 bits per heavy atom. The number of thiophene rings is 1. The number of fused-ring (bicyclic) bond motifs is 1. The van der Waals surface area contributed by atoms with E-state index in [1.165, 1.54) is 11.3 Å². The Labute approximate surface area is 119 Å². The molecule has 7 heteroatoms. The smallest absolute Gasteiger partial charge is 0.263 e.